The maximum absolute atomic E-state index is 8.35. The van der Waals surface area contributed by atoms with Gasteiger partial charge in [0.2, 0.25) is 6.08 Å². The number of hydrogen-bond donors (Lipinski definition) is 1. The Morgan fingerprint density at radius 3 is 2.33 bits per heavy atom. The lowest BCUT2D eigenvalue weighted by Crippen LogP contribution is -1.89. The molecule has 1 N–H and O–H groups in total. The van der Waals surface area contributed by atoms with Gasteiger partial charge < -0.3 is 4.43 Å². The minimum atomic E-state index is -0.0783. The second-order valence-electron chi connectivity index (χ2n) is 1.45. The molecule has 0 saturated heterocycles. The summed E-state index contributed by atoms with van der Waals surface area (Å²) in [5.74, 6) is 0. The van der Waals surface area contributed by atoms with Crippen LogP contribution in [0.25, 0.3) is 0 Å². The molecule has 4 heteroatoms. The van der Waals surface area contributed by atoms with E-state index in [2.05, 4.69) is 6.92 Å². The number of hydrogen-bond acceptors (Lipinski definition) is 3. The summed E-state index contributed by atoms with van der Waals surface area (Å²) in [6, 6.07) is 1.33. The molecule has 0 spiro atoms. The van der Waals surface area contributed by atoms with E-state index in [9.17, 15) is 0 Å². The van der Waals surface area contributed by atoms with Gasteiger partial charge in [-0.1, -0.05) is 13.3 Å². The van der Waals surface area contributed by atoms with Crippen LogP contribution >= 0.6 is 0 Å². The van der Waals surface area contributed by atoms with Gasteiger partial charge in [-0.25, -0.2) is 10.2 Å². The highest BCUT2D eigenvalue weighted by atomic mass is 28.2. The molecule has 0 aromatic carbocycles. The predicted octanol–water partition coefficient (Wildman–Crippen LogP) is 0.446. The van der Waals surface area contributed by atoms with Crippen molar-refractivity contribution in [1.29, 1.82) is 5.41 Å². The third kappa shape index (κ3) is 35.7. The zero-order chi connectivity index (χ0) is 7.54. The third-order valence-electron chi connectivity index (χ3n) is 0.702. The first-order chi connectivity index (χ1) is 4.33. The molecule has 0 fully saturated rings. The average Bonchev–Trinajstić information content (AvgIpc) is 1.86. The van der Waals surface area contributed by atoms with E-state index in [-0.39, 0.29) is 9.76 Å². The fourth-order valence-corrected chi connectivity index (χ4v) is 0.866. The smallest absolute Gasteiger partial charge is 0.231 e. The van der Waals surface area contributed by atoms with Gasteiger partial charge in [0.25, 0.3) is 0 Å². The van der Waals surface area contributed by atoms with Crippen LogP contribution in [0, 0.1) is 5.41 Å². The SMILES string of the molecule is CCC[SiH2]OC.N=C=O. The van der Waals surface area contributed by atoms with E-state index in [0.29, 0.717) is 0 Å². The summed E-state index contributed by atoms with van der Waals surface area (Å²) in [6.45, 7) is 2.19. The van der Waals surface area contributed by atoms with Gasteiger partial charge in [-0.3, -0.25) is 0 Å². The maximum atomic E-state index is 8.35. The van der Waals surface area contributed by atoms with Gasteiger partial charge in [-0.2, -0.15) is 0 Å². The minimum absolute atomic E-state index is 0.0783. The number of nitrogens with one attached hydrogen (secondary N) is 1. The molecule has 9 heavy (non-hydrogen) atoms. The zero-order valence-corrected chi connectivity index (χ0v) is 7.35. The summed E-state index contributed by atoms with van der Waals surface area (Å²) < 4.78 is 4.92. The summed E-state index contributed by atoms with van der Waals surface area (Å²) >= 11 is 0. The Hall–Kier alpha value is -0.443. The van der Waals surface area contributed by atoms with Crippen LogP contribution in [0.4, 0.5) is 0 Å². The Balaban J connectivity index is 0. The summed E-state index contributed by atoms with van der Waals surface area (Å²) in [4.78, 5) is 8.35. The second-order valence-corrected chi connectivity index (χ2v) is 3.14. The Kier molecular flexibility index (Phi) is 19.8. The van der Waals surface area contributed by atoms with Crippen molar-refractivity contribution in [2.24, 2.45) is 0 Å². The number of isocyanates is 1. The Morgan fingerprint density at radius 1 is 1.78 bits per heavy atom. The molecule has 0 aliphatic rings. The topological polar surface area (TPSA) is 50.1 Å². The average molecular weight is 147 g/mol. The van der Waals surface area contributed by atoms with E-state index < -0.39 is 0 Å². The van der Waals surface area contributed by atoms with Gasteiger partial charge in [-0.05, 0) is 6.04 Å². The van der Waals surface area contributed by atoms with E-state index in [1.807, 2.05) is 0 Å². The molecule has 0 aliphatic heterocycles. The van der Waals surface area contributed by atoms with Crippen molar-refractivity contribution in [3.63, 3.8) is 0 Å². The van der Waals surface area contributed by atoms with Crippen LogP contribution in [0.3, 0.4) is 0 Å². The van der Waals surface area contributed by atoms with E-state index in [1.54, 1.807) is 7.11 Å². The molecule has 0 rings (SSSR count). The fourth-order valence-electron chi connectivity index (χ4n) is 0.289. The van der Waals surface area contributed by atoms with Crippen molar-refractivity contribution in [3.05, 3.63) is 0 Å². The first-order valence-corrected chi connectivity index (χ1v) is 4.44. The van der Waals surface area contributed by atoms with Gasteiger partial charge in [0, 0.05) is 7.11 Å². The molecule has 0 amide bonds. The molecule has 0 unspecified atom stereocenters. The molecule has 0 atom stereocenters. The van der Waals surface area contributed by atoms with Gasteiger partial charge >= 0.3 is 0 Å². The molecule has 54 valence electrons. The molecular weight excluding hydrogens is 134 g/mol. The van der Waals surface area contributed by atoms with Crippen LogP contribution in [-0.4, -0.2) is 23.0 Å². The lowest BCUT2D eigenvalue weighted by Gasteiger charge is -1.88. The molecular formula is C5H13NO2Si. The molecule has 0 aliphatic carbocycles. The van der Waals surface area contributed by atoms with E-state index in [1.165, 1.54) is 12.5 Å². The summed E-state index contributed by atoms with van der Waals surface area (Å²) in [6.07, 6.45) is 2.04. The molecule has 0 radical (unpaired) electrons. The van der Waals surface area contributed by atoms with Crippen molar-refractivity contribution in [2.45, 2.75) is 19.4 Å². The number of carbonyl (C=O) groups excluding carboxylic acids is 1. The Bertz CT molecular complexity index is 67.4. The first kappa shape index (κ1) is 11.4. The fraction of sp³-hybridized carbons (Fsp3) is 0.800. The van der Waals surface area contributed by atoms with Crippen molar-refractivity contribution in [1.82, 2.24) is 0 Å². The van der Waals surface area contributed by atoms with Gasteiger partial charge in [0.15, 0.2) is 9.76 Å². The molecule has 3 nitrogen and oxygen atoms in total. The van der Waals surface area contributed by atoms with E-state index >= 15 is 0 Å². The molecule has 0 aromatic rings. The molecule has 0 heterocycles. The highest BCUT2D eigenvalue weighted by Gasteiger charge is 1.77. The highest BCUT2D eigenvalue weighted by molar-refractivity contribution is 6.26. The van der Waals surface area contributed by atoms with Crippen LogP contribution in [0.2, 0.25) is 6.04 Å². The maximum Gasteiger partial charge on any atom is 0.231 e. The largest absolute Gasteiger partial charge is 0.427 e. The van der Waals surface area contributed by atoms with Crippen molar-refractivity contribution < 1.29 is 9.22 Å². The lowest BCUT2D eigenvalue weighted by atomic mass is 10.6. The Labute approximate surface area is 57.9 Å². The van der Waals surface area contributed by atoms with E-state index in [4.69, 9.17) is 14.6 Å². The van der Waals surface area contributed by atoms with E-state index in [0.717, 1.165) is 6.08 Å². The monoisotopic (exact) mass is 147 g/mol. The molecule has 0 aromatic heterocycles. The van der Waals surface area contributed by atoms with Crippen LogP contribution in [0.1, 0.15) is 13.3 Å². The normalized spacial score (nSPS) is 8.22. The van der Waals surface area contributed by atoms with Crippen LogP contribution in [0.15, 0.2) is 0 Å². The first-order valence-electron chi connectivity index (χ1n) is 2.86. The third-order valence-corrected chi connectivity index (χ3v) is 2.11. The number of rotatable bonds is 3. The molecule has 0 bridgehead atoms. The standard InChI is InChI=1S/C4H12OSi.CHNO/c1-3-4-6-5-2;2-1-3/h3-4,6H2,1-2H3;2H. The van der Waals surface area contributed by atoms with Crippen molar-refractivity contribution >= 4 is 15.8 Å². The van der Waals surface area contributed by atoms with Crippen LogP contribution in [0.5, 0.6) is 0 Å². The summed E-state index contributed by atoms with van der Waals surface area (Å²) in [7, 11) is 1.72. The van der Waals surface area contributed by atoms with Crippen molar-refractivity contribution in [2.75, 3.05) is 7.11 Å². The molecule has 0 saturated carbocycles. The highest BCUT2D eigenvalue weighted by Crippen LogP contribution is 1.82. The zero-order valence-electron chi connectivity index (χ0n) is 5.94. The van der Waals surface area contributed by atoms with Gasteiger partial charge in [0.1, 0.15) is 0 Å². The van der Waals surface area contributed by atoms with Gasteiger partial charge in [0.05, 0.1) is 0 Å². The Morgan fingerprint density at radius 2 is 2.22 bits per heavy atom. The predicted molar refractivity (Wildman–Crippen MR) is 39.1 cm³/mol. The minimum Gasteiger partial charge on any atom is -0.427 e. The van der Waals surface area contributed by atoms with Crippen LogP contribution in [-0.2, 0) is 9.22 Å². The summed E-state index contributed by atoms with van der Waals surface area (Å²) in [5.41, 5.74) is 0. The van der Waals surface area contributed by atoms with Crippen molar-refractivity contribution in [3.8, 4) is 0 Å². The van der Waals surface area contributed by atoms with Crippen LogP contribution < -0.4 is 0 Å². The summed E-state index contributed by atoms with van der Waals surface area (Å²) in [5, 5.41) is 5.40. The lowest BCUT2D eigenvalue weighted by molar-refractivity contribution is 0.440. The quantitative estimate of drug-likeness (QED) is 0.273. The van der Waals surface area contributed by atoms with Gasteiger partial charge in [-0.15, -0.1) is 0 Å². The second kappa shape index (κ2) is 15.6.